The maximum Gasteiger partial charge on any atom is 0.446 e. The van der Waals surface area contributed by atoms with Crippen molar-refractivity contribution in [2.75, 3.05) is 6.61 Å². The van der Waals surface area contributed by atoms with Gasteiger partial charge in [0.25, 0.3) is 0 Å². The SMILES string of the molecule is CCCCCCCC/C=C/CCCCCCCCCCCC(=O)OC(O)(OC(=O)CCCCCCCCCCC/C=C/CCCCCCCC)[C@](O)(OC(=O)CCCCCCCCCCC/C=C/CCCCCCCC)[C@H](O)[C@H](O)[C@H](O)CO. The van der Waals surface area contributed by atoms with Crippen LogP contribution in [-0.2, 0) is 28.6 Å². The number of aliphatic hydroxyl groups is 6. The van der Waals surface area contributed by atoms with Crippen molar-refractivity contribution in [1.29, 1.82) is 0 Å². The highest BCUT2D eigenvalue weighted by Crippen LogP contribution is 2.35. The molecule has 0 unspecified atom stereocenters. The predicted octanol–water partition coefficient (Wildman–Crippen LogP) is 18.8. The smallest absolute Gasteiger partial charge is 0.419 e. The van der Waals surface area contributed by atoms with Crippen molar-refractivity contribution in [2.45, 2.75) is 398 Å². The highest BCUT2D eigenvalue weighted by atomic mass is 16.9. The van der Waals surface area contributed by atoms with Crippen LogP contribution in [0.25, 0.3) is 0 Å². The van der Waals surface area contributed by atoms with E-state index in [1.54, 1.807) is 0 Å². The van der Waals surface area contributed by atoms with Gasteiger partial charge in [-0.3, -0.25) is 14.4 Å². The molecule has 84 heavy (non-hydrogen) atoms. The van der Waals surface area contributed by atoms with Crippen LogP contribution in [0.4, 0.5) is 0 Å². The molecule has 0 aromatic carbocycles. The molecule has 12 nitrogen and oxygen atoms in total. The van der Waals surface area contributed by atoms with E-state index in [4.69, 9.17) is 14.2 Å². The molecular formula is C72H134O12. The molecule has 0 saturated heterocycles. The second-order valence-electron chi connectivity index (χ2n) is 24.6. The first-order valence-electron chi connectivity index (χ1n) is 35.6. The van der Waals surface area contributed by atoms with Gasteiger partial charge in [-0.1, -0.05) is 288 Å². The van der Waals surface area contributed by atoms with Crippen molar-refractivity contribution in [3.63, 3.8) is 0 Å². The Hall–Kier alpha value is -2.61. The van der Waals surface area contributed by atoms with Crippen LogP contribution < -0.4 is 0 Å². The molecule has 0 spiro atoms. The van der Waals surface area contributed by atoms with Crippen LogP contribution in [-0.4, -0.2) is 85.2 Å². The first kappa shape index (κ1) is 81.4. The molecule has 4 atom stereocenters. The fourth-order valence-corrected chi connectivity index (χ4v) is 10.8. The first-order valence-corrected chi connectivity index (χ1v) is 35.6. The molecule has 0 aromatic rings. The molecule has 494 valence electrons. The average molecular weight is 1190 g/mol. The maximum absolute atomic E-state index is 13.5. The van der Waals surface area contributed by atoms with E-state index in [9.17, 15) is 45.0 Å². The van der Waals surface area contributed by atoms with Crippen LogP contribution in [0.2, 0.25) is 0 Å². The second kappa shape index (κ2) is 60.7. The molecule has 0 aliphatic carbocycles. The van der Waals surface area contributed by atoms with Crippen molar-refractivity contribution in [1.82, 2.24) is 0 Å². The first-order chi connectivity index (χ1) is 40.9. The summed E-state index contributed by atoms with van der Waals surface area (Å²) in [5.74, 6) is -11.0. The molecule has 0 aliphatic heterocycles. The minimum Gasteiger partial charge on any atom is -0.419 e. The van der Waals surface area contributed by atoms with Gasteiger partial charge in [0.1, 0.15) is 12.2 Å². The van der Waals surface area contributed by atoms with E-state index in [1.807, 2.05) is 0 Å². The van der Waals surface area contributed by atoms with Gasteiger partial charge in [-0.15, -0.1) is 0 Å². The third-order valence-corrected chi connectivity index (χ3v) is 16.5. The molecule has 6 N–H and O–H groups in total. The van der Waals surface area contributed by atoms with Crippen molar-refractivity contribution in [3.05, 3.63) is 36.5 Å². The molecule has 0 bridgehead atoms. The Labute approximate surface area is 515 Å². The lowest BCUT2D eigenvalue weighted by atomic mass is 9.97. The summed E-state index contributed by atoms with van der Waals surface area (Å²) in [5, 5.41) is 66.3. The van der Waals surface area contributed by atoms with Gasteiger partial charge in [0.05, 0.1) is 6.61 Å². The Morgan fingerprint density at radius 1 is 0.321 bits per heavy atom. The van der Waals surface area contributed by atoms with E-state index >= 15 is 0 Å². The van der Waals surface area contributed by atoms with Crippen molar-refractivity contribution >= 4 is 17.9 Å². The molecule has 0 rings (SSSR count). The zero-order valence-corrected chi connectivity index (χ0v) is 54.7. The normalized spacial score (nSPS) is 14.0. The standard InChI is InChI=1S/C72H134O12/c1-4-7-10-13-16-19-22-25-28-31-34-37-40-43-46-49-52-55-58-61-66(75)82-71(80,70(79)69(78)65(74)64-73)72(81,83-67(76)62-59-56-53-50-47-44-41-38-35-32-29-26-23-20-17-14-11-8-5-2)84-68(77)63-60-57-54-51-48-45-42-39-36-33-30-27-24-21-18-15-12-9-6-3/h25-30,65,69-70,73-74,78-81H,4-24,31-64H2,1-3H3/b28-25+,29-26+,30-27+/t65-,69-,70-,71-/m1/s1. The van der Waals surface area contributed by atoms with Gasteiger partial charge in [0.15, 0.2) is 6.10 Å². The molecular weight excluding hydrogens is 1060 g/mol. The Morgan fingerprint density at radius 3 is 0.750 bits per heavy atom. The third kappa shape index (κ3) is 48.4. The number of hydrogen-bond donors (Lipinski definition) is 6. The average Bonchev–Trinajstić information content (AvgIpc) is 3.58. The summed E-state index contributed by atoms with van der Waals surface area (Å²) in [7, 11) is 0. The van der Waals surface area contributed by atoms with E-state index in [-0.39, 0.29) is 19.3 Å². The zero-order valence-electron chi connectivity index (χ0n) is 54.7. The predicted molar refractivity (Wildman–Crippen MR) is 347 cm³/mol. The van der Waals surface area contributed by atoms with Gasteiger partial charge in [-0.2, -0.15) is 0 Å². The molecule has 0 saturated carbocycles. The van der Waals surface area contributed by atoms with E-state index in [0.29, 0.717) is 38.5 Å². The lowest BCUT2D eigenvalue weighted by molar-refractivity contribution is -0.465. The summed E-state index contributed by atoms with van der Waals surface area (Å²) in [6.45, 7) is 5.65. The van der Waals surface area contributed by atoms with Crippen molar-refractivity contribution in [2.24, 2.45) is 0 Å². The van der Waals surface area contributed by atoms with Gasteiger partial charge in [-0.25, -0.2) is 0 Å². The molecule has 0 aliphatic rings. The summed E-state index contributed by atoms with van der Waals surface area (Å²) in [5.41, 5.74) is 0. The number of esters is 3. The van der Waals surface area contributed by atoms with Gasteiger partial charge >= 0.3 is 29.7 Å². The minimum atomic E-state index is -3.83. The summed E-state index contributed by atoms with van der Waals surface area (Å²) in [6, 6.07) is 0. The highest BCUT2D eigenvalue weighted by Gasteiger charge is 2.67. The topological polar surface area (TPSA) is 200 Å². The van der Waals surface area contributed by atoms with Gasteiger partial charge < -0.3 is 44.8 Å². The third-order valence-electron chi connectivity index (χ3n) is 16.5. The summed E-state index contributed by atoms with van der Waals surface area (Å²) in [6.07, 6.45) is 62.3. The fourth-order valence-electron chi connectivity index (χ4n) is 10.8. The second-order valence-corrected chi connectivity index (χ2v) is 24.6. The van der Waals surface area contributed by atoms with Crippen LogP contribution in [0.5, 0.6) is 0 Å². The van der Waals surface area contributed by atoms with Gasteiger partial charge in [0.2, 0.25) is 0 Å². The number of hydrogen-bond acceptors (Lipinski definition) is 12. The van der Waals surface area contributed by atoms with Gasteiger partial charge in [0, 0.05) is 19.3 Å². The van der Waals surface area contributed by atoms with E-state index in [2.05, 4.69) is 57.2 Å². The van der Waals surface area contributed by atoms with Crippen molar-refractivity contribution in [3.8, 4) is 0 Å². The Bertz CT molecular complexity index is 1490. The fraction of sp³-hybridized carbons (Fsp3) is 0.875. The van der Waals surface area contributed by atoms with Crippen LogP contribution in [0.3, 0.4) is 0 Å². The molecule has 0 radical (unpaired) electrons. The zero-order chi connectivity index (χ0) is 61.7. The highest BCUT2D eigenvalue weighted by molar-refractivity contribution is 5.73. The molecule has 0 heterocycles. The number of carbonyl (C=O) groups excluding carboxylic acids is 3. The van der Waals surface area contributed by atoms with E-state index in [0.717, 1.165) is 96.3 Å². The maximum atomic E-state index is 13.5. The van der Waals surface area contributed by atoms with Crippen LogP contribution >= 0.6 is 0 Å². The number of ether oxygens (including phenoxy) is 3. The molecule has 0 amide bonds. The quantitative estimate of drug-likeness (QED) is 0.0146. The molecule has 0 aromatic heterocycles. The minimum absolute atomic E-state index is 0.263. The van der Waals surface area contributed by atoms with Crippen LogP contribution in [0.15, 0.2) is 36.5 Å². The van der Waals surface area contributed by atoms with Crippen molar-refractivity contribution < 1.29 is 59.2 Å². The lowest BCUT2D eigenvalue weighted by Gasteiger charge is -2.43. The largest absolute Gasteiger partial charge is 0.446 e. The van der Waals surface area contributed by atoms with Crippen LogP contribution in [0.1, 0.15) is 367 Å². The summed E-state index contributed by atoms with van der Waals surface area (Å²) < 4.78 is 15.9. The Morgan fingerprint density at radius 2 is 0.524 bits per heavy atom. The number of allylic oxidation sites excluding steroid dienone is 6. The summed E-state index contributed by atoms with van der Waals surface area (Å²) in [4.78, 5) is 40.4. The molecule has 12 heteroatoms. The molecule has 0 fully saturated rings. The lowest BCUT2D eigenvalue weighted by Crippen LogP contribution is -2.70. The number of unbranched alkanes of at least 4 members (excludes halogenated alkanes) is 45. The van der Waals surface area contributed by atoms with E-state index < -0.39 is 54.6 Å². The monoisotopic (exact) mass is 1190 g/mol. The number of aliphatic hydroxyl groups excluding tert-OH is 4. The Balaban J connectivity index is 5.32. The Kier molecular flexibility index (Phi) is 58.8. The van der Waals surface area contributed by atoms with Gasteiger partial charge in [-0.05, 0) is 96.3 Å². The van der Waals surface area contributed by atoms with Crippen LogP contribution in [0, 0.1) is 0 Å². The number of carbonyl (C=O) groups is 3. The van der Waals surface area contributed by atoms with E-state index in [1.165, 1.54) is 193 Å². The summed E-state index contributed by atoms with van der Waals surface area (Å²) >= 11 is 0. The number of rotatable bonds is 65.